The maximum absolute atomic E-state index is 12.6. The van der Waals surface area contributed by atoms with Crippen molar-refractivity contribution in [3.8, 4) is 17.2 Å². The summed E-state index contributed by atoms with van der Waals surface area (Å²) < 4.78 is 15.7. The van der Waals surface area contributed by atoms with E-state index in [-0.39, 0.29) is 29.1 Å². The van der Waals surface area contributed by atoms with Crippen LogP contribution in [0.2, 0.25) is 0 Å². The van der Waals surface area contributed by atoms with Gasteiger partial charge in [-0.05, 0) is 36.8 Å². The number of carbonyl (C=O) groups is 2. The van der Waals surface area contributed by atoms with Gasteiger partial charge in [0.05, 0.1) is 21.3 Å². The van der Waals surface area contributed by atoms with Crippen LogP contribution in [-0.4, -0.2) is 38.3 Å². The van der Waals surface area contributed by atoms with E-state index in [1.807, 2.05) is 18.2 Å². The molecule has 3 rings (SSSR count). The van der Waals surface area contributed by atoms with Gasteiger partial charge in [0.15, 0.2) is 0 Å². The fraction of sp³-hybridized carbons (Fsp3) is 0.300. The van der Waals surface area contributed by atoms with Crippen molar-refractivity contribution in [1.82, 2.24) is 0 Å². The minimum absolute atomic E-state index is 0.0425. The lowest BCUT2D eigenvalue weighted by Crippen LogP contribution is -2.15. The smallest absolute Gasteiger partial charge is 0.339 e. The van der Waals surface area contributed by atoms with Crippen molar-refractivity contribution in [3.63, 3.8) is 0 Å². The molecule has 2 N–H and O–H groups in total. The SMILES string of the molecule is COc1ccc(OC)c(C2CC2C(=O)Nc2ccc(C(=O)O)c(OC)c2)c1. The van der Waals surface area contributed by atoms with Crippen molar-refractivity contribution in [3.05, 3.63) is 47.5 Å². The van der Waals surface area contributed by atoms with Gasteiger partial charge in [0.25, 0.3) is 0 Å². The summed E-state index contributed by atoms with van der Waals surface area (Å²) in [5, 5.41) is 12.0. The zero-order valence-electron chi connectivity index (χ0n) is 15.3. The maximum Gasteiger partial charge on any atom is 0.339 e. The van der Waals surface area contributed by atoms with Crippen LogP contribution < -0.4 is 19.5 Å². The number of benzene rings is 2. The number of methoxy groups -OCH3 is 3. The Kier molecular flexibility index (Phi) is 5.21. The molecule has 2 atom stereocenters. The minimum atomic E-state index is -1.09. The molecule has 1 fully saturated rings. The predicted octanol–water partition coefficient (Wildman–Crippen LogP) is 3.15. The van der Waals surface area contributed by atoms with E-state index < -0.39 is 5.97 Å². The standard InChI is InChI=1S/C20H21NO6/c1-25-12-5-7-17(26-2)15(9-12)14-10-16(14)19(22)21-11-4-6-13(20(23)24)18(8-11)27-3/h4-9,14,16H,10H2,1-3H3,(H,21,22)(H,23,24). The summed E-state index contributed by atoms with van der Waals surface area (Å²) in [4.78, 5) is 23.7. The monoisotopic (exact) mass is 371 g/mol. The average molecular weight is 371 g/mol. The summed E-state index contributed by atoms with van der Waals surface area (Å²) in [6.45, 7) is 0. The number of aromatic carboxylic acids is 1. The molecule has 0 aliphatic heterocycles. The second-order valence-electron chi connectivity index (χ2n) is 6.27. The minimum Gasteiger partial charge on any atom is -0.497 e. The van der Waals surface area contributed by atoms with Crippen molar-refractivity contribution in [2.75, 3.05) is 26.6 Å². The van der Waals surface area contributed by atoms with E-state index >= 15 is 0 Å². The predicted molar refractivity (Wildman–Crippen MR) is 99.0 cm³/mol. The van der Waals surface area contributed by atoms with Crippen molar-refractivity contribution >= 4 is 17.6 Å². The van der Waals surface area contributed by atoms with Crippen LogP contribution >= 0.6 is 0 Å². The zero-order chi connectivity index (χ0) is 19.6. The van der Waals surface area contributed by atoms with Gasteiger partial charge in [0.1, 0.15) is 22.8 Å². The maximum atomic E-state index is 12.6. The van der Waals surface area contributed by atoms with Crippen molar-refractivity contribution in [2.24, 2.45) is 5.92 Å². The van der Waals surface area contributed by atoms with Gasteiger partial charge >= 0.3 is 5.97 Å². The molecular weight excluding hydrogens is 350 g/mol. The fourth-order valence-electron chi connectivity index (χ4n) is 3.14. The molecule has 1 amide bonds. The van der Waals surface area contributed by atoms with Crippen molar-refractivity contribution in [1.29, 1.82) is 0 Å². The second-order valence-corrected chi connectivity index (χ2v) is 6.27. The zero-order valence-corrected chi connectivity index (χ0v) is 15.3. The molecule has 2 aromatic carbocycles. The number of hydrogen-bond donors (Lipinski definition) is 2. The number of hydrogen-bond acceptors (Lipinski definition) is 5. The summed E-state index contributed by atoms with van der Waals surface area (Å²) >= 11 is 0. The van der Waals surface area contributed by atoms with Gasteiger partial charge in [0, 0.05) is 29.2 Å². The van der Waals surface area contributed by atoms with Crippen LogP contribution in [0.1, 0.15) is 28.3 Å². The van der Waals surface area contributed by atoms with E-state index in [0.29, 0.717) is 17.9 Å². The summed E-state index contributed by atoms with van der Waals surface area (Å²) in [6.07, 6.45) is 0.708. The van der Waals surface area contributed by atoms with Gasteiger partial charge in [-0.1, -0.05) is 0 Å². The highest BCUT2D eigenvalue weighted by Crippen LogP contribution is 2.51. The Labute approximate surface area is 156 Å². The van der Waals surface area contributed by atoms with Crippen LogP contribution in [-0.2, 0) is 4.79 Å². The molecule has 1 aliphatic rings. The van der Waals surface area contributed by atoms with Crippen molar-refractivity contribution in [2.45, 2.75) is 12.3 Å². The number of amides is 1. The van der Waals surface area contributed by atoms with E-state index in [4.69, 9.17) is 19.3 Å². The molecule has 1 aliphatic carbocycles. The van der Waals surface area contributed by atoms with Gasteiger partial charge in [-0.15, -0.1) is 0 Å². The Morgan fingerprint density at radius 1 is 1.00 bits per heavy atom. The Hall–Kier alpha value is -3.22. The van der Waals surface area contributed by atoms with Gasteiger partial charge in [0.2, 0.25) is 5.91 Å². The number of carboxylic acids is 1. The van der Waals surface area contributed by atoms with E-state index in [1.54, 1.807) is 20.3 Å². The third kappa shape index (κ3) is 3.81. The van der Waals surface area contributed by atoms with Crippen LogP contribution in [0, 0.1) is 5.92 Å². The Morgan fingerprint density at radius 2 is 1.74 bits per heavy atom. The quantitative estimate of drug-likeness (QED) is 0.776. The molecule has 2 unspecified atom stereocenters. The van der Waals surface area contributed by atoms with Crippen LogP contribution in [0.5, 0.6) is 17.2 Å². The van der Waals surface area contributed by atoms with Gasteiger partial charge < -0.3 is 24.6 Å². The Balaban J connectivity index is 1.73. The molecule has 0 aromatic heterocycles. The highest BCUT2D eigenvalue weighted by atomic mass is 16.5. The topological polar surface area (TPSA) is 94.1 Å². The lowest BCUT2D eigenvalue weighted by Gasteiger charge is -2.11. The molecule has 0 bridgehead atoms. The lowest BCUT2D eigenvalue weighted by atomic mass is 10.1. The molecule has 0 saturated heterocycles. The van der Waals surface area contributed by atoms with Gasteiger partial charge in [-0.25, -0.2) is 4.79 Å². The summed E-state index contributed by atoms with van der Waals surface area (Å²) in [5.74, 6) is 0.287. The van der Waals surface area contributed by atoms with Gasteiger partial charge in [-0.2, -0.15) is 0 Å². The molecular formula is C20H21NO6. The van der Waals surface area contributed by atoms with E-state index in [2.05, 4.69) is 5.32 Å². The van der Waals surface area contributed by atoms with Crippen molar-refractivity contribution < 1.29 is 28.9 Å². The first-order valence-corrected chi connectivity index (χ1v) is 8.42. The lowest BCUT2D eigenvalue weighted by molar-refractivity contribution is -0.117. The molecule has 0 radical (unpaired) electrons. The first kappa shape index (κ1) is 18.6. The summed E-state index contributed by atoms with van der Waals surface area (Å²) in [7, 11) is 4.58. The number of carboxylic acid groups (broad SMARTS) is 1. The van der Waals surface area contributed by atoms with Crippen LogP contribution in [0.3, 0.4) is 0 Å². The molecule has 7 heteroatoms. The molecule has 7 nitrogen and oxygen atoms in total. The largest absolute Gasteiger partial charge is 0.497 e. The molecule has 0 spiro atoms. The van der Waals surface area contributed by atoms with Crippen LogP contribution in [0.4, 0.5) is 5.69 Å². The highest BCUT2D eigenvalue weighted by molar-refractivity contribution is 5.97. The average Bonchev–Trinajstić information content (AvgIpc) is 3.48. The fourth-order valence-corrected chi connectivity index (χ4v) is 3.14. The number of anilines is 1. The highest BCUT2D eigenvalue weighted by Gasteiger charge is 2.45. The molecule has 2 aromatic rings. The molecule has 0 heterocycles. The summed E-state index contributed by atoms with van der Waals surface area (Å²) in [5.41, 5.74) is 1.47. The first-order valence-electron chi connectivity index (χ1n) is 8.42. The number of nitrogens with one attached hydrogen (secondary N) is 1. The molecule has 142 valence electrons. The molecule has 27 heavy (non-hydrogen) atoms. The van der Waals surface area contributed by atoms with Crippen LogP contribution in [0.25, 0.3) is 0 Å². The van der Waals surface area contributed by atoms with E-state index in [9.17, 15) is 9.59 Å². The summed E-state index contributed by atoms with van der Waals surface area (Å²) in [6, 6.07) is 10.00. The van der Waals surface area contributed by atoms with E-state index in [0.717, 1.165) is 11.3 Å². The normalized spacial score (nSPS) is 17.7. The van der Waals surface area contributed by atoms with Gasteiger partial charge in [-0.3, -0.25) is 4.79 Å². The third-order valence-electron chi connectivity index (χ3n) is 4.66. The number of rotatable bonds is 7. The Bertz CT molecular complexity index is 879. The first-order chi connectivity index (χ1) is 13.0. The Morgan fingerprint density at radius 3 is 2.37 bits per heavy atom. The third-order valence-corrected chi connectivity index (χ3v) is 4.66. The number of ether oxygens (including phenoxy) is 3. The van der Waals surface area contributed by atoms with Crippen LogP contribution in [0.15, 0.2) is 36.4 Å². The molecule has 1 saturated carbocycles. The number of carbonyl (C=O) groups excluding carboxylic acids is 1. The van der Waals surface area contributed by atoms with E-state index in [1.165, 1.54) is 19.2 Å². The second kappa shape index (κ2) is 7.57.